The third kappa shape index (κ3) is 2.49. The number of ether oxygens (including phenoxy) is 1. The summed E-state index contributed by atoms with van der Waals surface area (Å²) in [5.74, 6) is 0. The molecule has 0 radical (unpaired) electrons. The second kappa shape index (κ2) is 4.76. The van der Waals surface area contributed by atoms with Crippen LogP contribution in [0.3, 0.4) is 0 Å². The van der Waals surface area contributed by atoms with E-state index in [4.69, 9.17) is 4.74 Å². The van der Waals surface area contributed by atoms with Gasteiger partial charge in [0.1, 0.15) is 5.01 Å². The van der Waals surface area contributed by atoms with E-state index in [0.29, 0.717) is 6.04 Å². The van der Waals surface area contributed by atoms with Gasteiger partial charge < -0.3 is 9.64 Å². The summed E-state index contributed by atoms with van der Waals surface area (Å²) in [6.45, 7) is 5.78. The van der Waals surface area contributed by atoms with Gasteiger partial charge in [0, 0.05) is 11.9 Å². The molecule has 4 nitrogen and oxygen atoms in total. The second-order valence-corrected chi connectivity index (χ2v) is 5.52. The molecule has 15 heavy (non-hydrogen) atoms. The van der Waals surface area contributed by atoms with E-state index in [1.807, 2.05) is 6.92 Å². The molecule has 2 rings (SSSR count). The van der Waals surface area contributed by atoms with Gasteiger partial charge in [0.25, 0.3) is 0 Å². The summed E-state index contributed by atoms with van der Waals surface area (Å²) in [6, 6.07) is 0.382. The molecule has 6 heteroatoms. The van der Waals surface area contributed by atoms with Crippen molar-refractivity contribution in [2.45, 2.75) is 26.0 Å². The zero-order chi connectivity index (χ0) is 10.8. The Labute approximate surface area is 102 Å². The molecule has 0 amide bonds. The Morgan fingerprint density at radius 2 is 2.40 bits per heavy atom. The number of anilines is 1. The van der Waals surface area contributed by atoms with E-state index < -0.39 is 0 Å². The molecule has 84 valence electrons. The van der Waals surface area contributed by atoms with Crippen LogP contribution >= 0.6 is 27.3 Å². The number of nitrogens with zero attached hydrogens (tertiary/aromatic N) is 3. The summed E-state index contributed by atoms with van der Waals surface area (Å²) in [5, 5.41) is 11.1. The molecule has 2 atom stereocenters. The van der Waals surface area contributed by atoms with Gasteiger partial charge in [-0.1, -0.05) is 27.3 Å². The summed E-state index contributed by atoms with van der Waals surface area (Å²) in [6.07, 6.45) is 0.255. The number of hydrogen-bond donors (Lipinski definition) is 0. The Hall–Kier alpha value is -0.200. The predicted octanol–water partition coefficient (Wildman–Crippen LogP) is 1.84. The van der Waals surface area contributed by atoms with Gasteiger partial charge in [-0.2, -0.15) is 0 Å². The minimum absolute atomic E-state index is 0.255. The van der Waals surface area contributed by atoms with Gasteiger partial charge in [0.15, 0.2) is 0 Å². The molecule has 1 saturated heterocycles. The Balaban J connectivity index is 2.12. The maximum atomic E-state index is 5.67. The minimum atomic E-state index is 0.255. The van der Waals surface area contributed by atoms with Gasteiger partial charge in [-0.15, -0.1) is 10.2 Å². The number of morpholine rings is 1. The number of aromatic nitrogens is 2. The molecule has 0 saturated carbocycles. The number of alkyl halides is 1. The summed E-state index contributed by atoms with van der Waals surface area (Å²) in [4.78, 5) is 2.28. The highest BCUT2D eigenvalue weighted by molar-refractivity contribution is 9.09. The normalized spacial score (nSPS) is 27.0. The monoisotopic (exact) mass is 291 g/mol. The van der Waals surface area contributed by atoms with Crippen molar-refractivity contribution < 1.29 is 4.74 Å². The maximum absolute atomic E-state index is 5.67. The molecule has 1 fully saturated rings. The molecule has 0 spiro atoms. The van der Waals surface area contributed by atoms with Crippen molar-refractivity contribution in [1.82, 2.24) is 10.2 Å². The van der Waals surface area contributed by atoms with Crippen molar-refractivity contribution in [3.8, 4) is 0 Å². The van der Waals surface area contributed by atoms with Crippen LogP contribution in [-0.4, -0.2) is 40.8 Å². The lowest BCUT2D eigenvalue weighted by atomic mass is 10.2. The lowest BCUT2D eigenvalue weighted by Crippen LogP contribution is -2.49. The molecule has 2 heterocycles. The van der Waals surface area contributed by atoms with Crippen LogP contribution in [0.4, 0.5) is 5.13 Å². The molecular weight excluding hydrogens is 278 g/mol. The van der Waals surface area contributed by atoms with E-state index in [1.165, 1.54) is 0 Å². The molecule has 0 N–H and O–H groups in total. The zero-order valence-electron chi connectivity index (χ0n) is 8.81. The zero-order valence-corrected chi connectivity index (χ0v) is 11.2. The first kappa shape index (κ1) is 11.3. The highest BCUT2D eigenvalue weighted by atomic mass is 79.9. The van der Waals surface area contributed by atoms with Crippen LogP contribution in [0.15, 0.2) is 0 Å². The average molecular weight is 292 g/mol. The van der Waals surface area contributed by atoms with Crippen molar-refractivity contribution in [1.29, 1.82) is 0 Å². The highest BCUT2D eigenvalue weighted by Gasteiger charge is 2.27. The standard InChI is InChI=1S/C9H14BrN3OS/c1-6-5-14-8(3-10)4-13(6)9-12-11-7(2)15-9/h6,8H,3-5H2,1-2H3. The quantitative estimate of drug-likeness (QED) is 0.780. The van der Waals surface area contributed by atoms with E-state index in [0.717, 1.165) is 28.6 Å². The average Bonchev–Trinajstić information content (AvgIpc) is 2.65. The van der Waals surface area contributed by atoms with Crippen LogP contribution in [0.25, 0.3) is 0 Å². The van der Waals surface area contributed by atoms with Crippen LogP contribution < -0.4 is 4.90 Å². The van der Waals surface area contributed by atoms with Gasteiger partial charge in [0.05, 0.1) is 18.8 Å². The molecule has 1 aromatic heterocycles. The first-order valence-electron chi connectivity index (χ1n) is 4.95. The van der Waals surface area contributed by atoms with Crippen LogP contribution in [0.5, 0.6) is 0 Å². The summed E-state index contributed by atoms with van der Waals surface area (Å²) >= 11 is 5.10. The van der Waals surface area contributed by atoms with Gasteiger partial charge >= 0.3 is 0 Å². The van der Waals surface area contributed by atoms with E-state index in [9.17, 15) is 0 Å². The number of aryl methyl sites for hydroxylation is 1. The van der Waals surface area contributed by atoms with E-state index >= 15 is 0 Å². The highest BCUT2D eigenvalue weighted by Crippen LogP contribution is 2.25. The van der Waals surface area contributed by atoms with Crippen molar-refractivity contribution in [3.63, 3.8) is 0 Å². The second-order valence-electron chi connectivity index (χ2n) is 3.71. The van der Waals surface area contributed by atoms with Crippen LogP contribution in [-0.2, 0) is 4.74 Å². The van der Waals surface area contributed by atoms with Crippen molar-refractivity contribution >= 4 is 32.4 Å². The third-order valence-electron chi connectivity index (χ3n) is 2.44. The smallest absolute Gasteiger partial charge is 0.208 e. The van der Waals surface area contributed by atoms with E-state index in [-0.39, 0.29) is 6.10 Å². The summed E-state index contributed by atoms with van der Waals surface area (Å²) < 4.78 is 5.67. The first-order chi connectivity index (χ1) is 7.20. The Morgan fingerprint density at radius 3 is 3.00 bits per heavy atom. The van der Waals surface area contributed by atoms with Gasteiger partial charge in [-0.25, -0.2) is 0 Å². The fourth-order valence-corrected chi connectivity index (χ4v) is 2.77. The fraction of sp³-hybridized carbons (Fsp3) is 0.778. The van der Waals surface area contributed by atoms with Crippen molar-refractivity contribution in [3.05, 3.63) is 5.01 Å². The number of rotatable bonds is 2. The SMILES string of the molecule is Cc1nnc(N2CC(CBr)OCC2C)s1. The molecule has 1 aliphatic rings. The predicted molar refractivity (Wildman–Crippen MR) is 65.0 cm³/mol. The molecule has 1 aliphatic heterocycles. The largest absolute Gasteiger partial charge is 0.373 e. The molecule has 0 aliphatic carbocycles. The van der Waals surface area contributed by atoms with E-state index in [2.05, 4.69) is 38.0 Å². The fourth-order valence-electron chi connectivity index (χ4n) is 1.58. The topological polar surface area (TPSA) is 38.2 Å². The van der Waals surface area contributed by atoms with E-state index in [1.54, 1.807) is 11.3 Å². The lowest BCUT2D eigenvalue weighted by Gasteiger charge is -2.36. The minimum Gasteiger partial charge on any atom is -0.373 e. The van der Waals surface area contributed by atoms with Crippen LogP contribution in [0, 0.1) is 6.92 Å². The number of halogens is 1. The molecule has 2 unspecified atom stereocenters. The third-order valence-corrected chi connectivity index (χ3v) is 4.04. The van der Waals surface area contributed by atoms with Crippen molar-refractivity contribution in [2.75, 3.05) is 23.4 Å². The Morgan fingerprint density at radius 1 is 1.60 bits per heavy atom. The van der Waals surface area contributed by atoms with Gasteiger partial charge in [-0.05, 0) is 13.8 Å². The lowest BCUT2D eigenvalue weighted by molar-refractivity contribution is 0.0379. The first-order valence-corrected chi connectivity index (χ1v) is 6.89. The van der Waals surface area contributed by atoms with Crippen molar-refractivity contribution in [2.24, 2.45) is 0 Å². The summed E-state index contributed by atoms with van der Waals surface area (Å²) in [7, 11) is 0. The van der Waals surface area contributed by atoms with Gasteiger partial charge in [-0.3, -0.25) is 0 Å². The summed E-state index contributed by atoms with van der Waals surface area (Å²) in [5.41, 5.74) is 0. The Bertz CT molecular complexity index is 333. The van der Waals surface area contributed by atoms with Gasteiger partial charge in [0.2, 0.25) is 5.13 Å². The van der Waals surface area contributed by atoms with Crippen LogP contribution in [0.1, 0.15) is 11.9 Å². The van der Waals surface area contributed by atoms with Crippen LogP contribution in [0.2, 0.25) is 0 Å². The molecule has 1 aromatic rings. The molecule has 0 bridgehead atoms. The maximum Gasteiger partial charge on any atom is 0.208 e. The Kier molecular flexibility index (Phi) is 3.58. The molecular formula is C9H14BrN3OS. The molecule has 0 aromatic carbocycles. The number of hydrogen-bond acceptors (Lipinski definition) is 5.